The van der Waals surface area contributed by atoms with E-state index in [1.165, 1.54) is 6.42 Å². The van der Waals surface area contributed by atoms with Gasteiger partial charge >= 0.3 is 0 Å². The topological polar surface area (TPSA) is 50.4 Å². The van der Waals surface area contributed by atoms with Gasteiger partial charge in [-0.15, -0.1) is 0 Å². The molecule has 0 spiro atoms. The normalized spacial score (nSPS) is 28.2. The number of hydrogen-bond acceptors (Lipinski definition) is 3. The summed E-state index contributed by atoms with van der Waals surface area (Å²) in [6.45, 7) is 1.99. The molecule has 1 saturated heterocycles. The summed E-state index contributed by atoms with van der Waals surface area (Å²) in [4.78, 5) is 11.9. The summed E-state index contributed by atoms with van der Waals surface area (Å²) in [5, 5.41) is 6.39. The number of carbonyl (C=O) groups is 1. The van der Waals surface area contributed by atoms with Crippen LogP contribution in [0.15, 0.2) is 0 Å². The van der Waals surface area contributed by atoms with Crippen LogP contribution in [0.3, 0.4) is 0 Å². The molecule has 1 heterocycles. The van der Waals surface area contributed by atoms with Crippen LogP contribution in [0.1, 0.15) is 38.5 Å². The molecular formula is C12H22N2O2. The molecule has 0 aromatic heterocycles. The number of amides is 1. The van der Waals surface area contributed by atoms with Crippen molar-refractivity contribution < 1.29 is 9.53 Å². The minimum absolute atomic E-state index is 0.147. The third kappa shape index (κ3) is 2.74. The first-order valence-corrected chi connectivity index (χ1v) is 6.29. The third-order valence-electron chi connectivity index (χ3n) is 3.84. The van der Waals surface area contributed by atoms with Gasteiger partial charge in [-0.3, -0.25) is 4.79 Å². The van der Waals surface area contributed by atoms with Crippen molar-refractivity contribution in [3.63, 3.8) is 0 Å². The summed E-state index contributed by atoms with van der Waals surface area (Å²) in [6.07, 6.45) is 6.02. The molecular weight excluding hydrogens is 204 g/mol. The van der Waals surface area contributed by atoms with E-state index in [2.05, 4.69) is 10.6 Å². The molecule has 2 rings (SSSR count). The van der Waals surface area contributed by atoms with Crippen LogP contribution in [0, 0.1) is 0 Å². The summed E-state index contributed by atoms with van der Waals surface area (Å²) < 4.78 is 5.46. The van der Waals surface area contributed by atoms with Crippen molar-refractivity contribution in [2.45, 2.75) is 50.2 Å². The lowest BCUT2D eigenvalue weighted by Crippen LogP contribution is -2.49. The molecule has 0 unspecified atom stereocenters. The highest BCUT2D eigenvalue weighted by atomic mass is 16.5. The van der Waals surface area contributed by atoms with Crippen molar-refractivity contribution >= 4 is 5.91 Å². The van der Waals surface area contributed by atoms with Crippen molar-refractivity contribution in [1.82, 2.24) is 10.6 Å². The van der Waals surface area contributed by atoms with Crippen LogP contribution in [-0.2, 0) is 9.53 Å². The van der Waals surface area contributed by atoms with Crippen LogP contribution in [0.25, 0.3) is 0 Å². The molecule has 0 aromatic carbocycles. The third-order valence-corrected chi connectivity index (χ3v) is 3.84. The van der Waals surface area contributed by atoms with E-state index in [4.69, 9.17) is 4.74 Å². The summed E-state index contributed by atoms with van der Waals surface area (Å²) >= 11 is 0. The SMILES string of the molecule is COC1(CC(=O)N[C@H]2CCCNC2)CCC1. The number of hydrogen-bond donors (Lipinski definition) is 2. The Kier molecular flexibility index (Phi) is 3.82. The number of carbonyl (C=O) groups excluding carboxylic acids is 1. The van der Waals surface area contributed by atoms with Gasteiger partial charge in [0, 0.05) is 19.7 Å². The van der Waals surface area contributed by atoms with E-state index in [1.807, 2.05) is 0 Å². The van der Waals surface area contributed by atoms with Crippen LogP contribution < -0.4 is 10.6 Å². The van der Waals surface area contributed by atoms with E-state index in [0.29, 0.717) is 12.5 Å². The van der Waals surface area contributed by atoms with E-state index in [1.54, 1.807) is 7.11 Å². The van der Waals surface area contributed by atoms with E-state index in [-0.39, 0.29) is 11.5 Å². The van der Waals surface area contributed by atoms with E-state index < -0.39 is 0 Å². The molecule has 0 radical (unpaired) electrons. The fraction of sp³-hybridized carbons (Fsp3) is 0.917. The van der Waals surface area contributed by atoms with Gasteiger partial charge < -0.3 is 15.4 Å². The van der Waals surface area contributed by atoms with Gasteiger partial charge in [-0.2, -0.15) is 0 Å². The predicted molar refractivity (Wildman–Crippen MR) is 62.2 cm³/mol. The van der Waals surface area contributed by atoms with Crippen LogP contribution >= 0.6 is 0 Å². The monoisotopic (exact) mass is 226 g/mol. The summed E-state index contributed by atoms with van der Waals surface area (Å²) in [6, 6.07) is 0.315. The second kappa shape index (κ2) is 5.15. The molecule has 2 aliphatic rings. The number of nitrogens with one attached hydrogen (secondary N) is 2. The minimum Gasteiger partial charge on any atom is -0.378 e. The van der Waals surface area contributed by atoms with Gasteiger partial charge in [0.1, 0.15) is 0 Å². The van der Waals surface area contributed by atoms with Crippen LogP contribution in [0.2, 0.25) is 0 Å². The maximum atomic E-state index is 11.9. The maximum Gasteiger partial charge on any atom is 0.223 e. The van der Waals surface area contributed by atoms with Crippen molar-refractivity contribution in [3.05, 3.63) is 0 Å². The Morgan fingerprint density at radius 2 is 2.31 bits per heavy atom. The Balaban J connectivity index is 1.74. The first kappa shape index (κ1) is 11.9. The molecule has 92 valence electrons. The highest BCUT2D eigenvalue weighted by molar-refractivity contribution is 5.77. The zero-order valence-corrected chi connectivity index (χ0v) is 10.1. The van der Waals surface area contributed by atoms with Crippen LogP contribution in [0.4, 0.5) is 0 Å². The van der Waals surface area contributed by atoms with E-state index >= 15 is 0 Å². The standard InChI is InChI=1S/C12H22N2O2/c1-16-12(5-3-6-12)8-11(15)14-10-4-2-7-13-9-10/h10,13H,2-9H2,1H3,(H,14,15)/t10-/m0/s1. The lowest BCUT2D eigenvalue weighted by atomic mass is 9.77. The highest BCUT2D eigenvalue weighted by Gasteiger charge is 2.39. The van der Waals surface area contributed by atoms with Gasteiger partial charge in [-0.05, 0) is 38.6 Å². The zero-order valence-electron chi connectivity index (χ0n) is 10.1. The van der Waals surface area contributed by atoms with Crippen LogP contribution in [-0.4, -0.2) is 37.7 Å². The second-order valence-electron chi connectivity index (χ2n) is 5.03. The molecule has 2 N–H and O–H groups in total. The molecule has 4 nitrogen and oxygen atoms in total. The number of methoxy groups -OCH3 is 1. The molecule has 1 aliphatic heterocycles. The Bertz CT molecular complexity index is 240. The van der Waals surface area contributed by atoms with E-state index in [9.17, 15) is 4.79 Å². The van der Waals surface area contributed by atoms with Gasteiger partial charge in [0.15, 0.2) is 0 Å². The lowest BCUT2D eigenvalue weighted by molar-refractivity contribution is -0.135. The molecule has 1 amide bonds. The summed E-state index contributed by atoms with van der Waals surface area (Å²) in [7, 11) is 1.72. The van der Waals surface area contributed by atoms with Crippen molar-refractivity contribution in [2.24, 2.45) is 0 Å². The average molecular weight is 226 g/mol. The smallest absolute Gasteiger partial charge is 0.223 e. The molecule has 1 saturated carbocycles. The van der Waals surface area contributed by atoms with E-state index in [0.717, 1.165) is 38.8 Å². The maximum absolute atomic E-state index is 11.9. The molecule has 1 atom stereocenters. The summed E-state index contributed by atoms with van der Waals surface area (Å²) in [5.74, 6) is 0.148. The van der Waals surface area contributed by atoms with Gasteiger partial charge in [0.25, 0.3) is 0 Å². The van der Waals surface area contributed by atoms with Gasteiger partial charge in [-0.25, -0.2) is 0 Å². The first-order valence-electron chi connectivity index (χ1n) is 6.29. The number of ether oxygens (including phenoxy) is 1. The summed E-state index contributed by atoms with van der Waals surface area (Å²) in [5.41, 5.74) is -0.147. The molecule has 0 aromatic rings. The molecule has 1 aliphatic carbocycles. The fourth-order valence-electron chi connectivity index (χ4n) is 2.57. The molecule has 2 fully saturated rings. The van der Waals surface area contributed by atoms with Crippen molar-refractivity contribution in [1.29, 1.82) is 0 Å². The van der Waals surface area contributed by atoms with Gasteiger partial charge in [0.2, 0.25) is 5.91 Å². The Morgan fingerprint density at radius 1 is 1.50 bits per heavy atom. The van der Waals surface area contributed by atoms with Gasteiger partial charge in [0.05, 0.1) is 12.0 Å². The Morgan fingerprint density at radius 3 is 2.81 bits per heavy atom. The quantitative estimate of drug-likeness (QED) is 0.746. The largest absolute Gasteiger partial charge is 0.378 e. The molecule has 0 bridgehead atoms. The fourth-order valence-corrected chi connectivity index (χ4v) is 2.57. The van der Waals surface area contributed by atoms with Crippen LogP contribution in [0.5, 0.6) is 0 Å². The average Bonchev–Trinajstić information content (AvgIpc) is 2.25. The second-order valence-corrected chi connectivity index (χ2v) is 5.03. The van der Waals surface area contributed by atoms with Crippen molar-refractivity contribution in [3.8, 4) is 0 Å². The zero-order chi connectivity index (χ0) is 11.4. The molecule has 4 heteroatoms. The Hall–Kier alpha value is -0.610. The van der Waals surface area contributed by atoms with Crippen molar-refractivity contribution in [2.75, 3.05) is 20.2 Å². The predicted octanol–water partition coefficient (Wildman–Crippen LogP) is 0.814. The molecule has 16 heavy (non-hydrogen) atoms. The van der Waals surface area contributed by atoms with Gasteiger partial charge in [-0.1, -0.05) is 0 Å². The minimum atomic E-state index is -0.147. The number of piperidine rings is 1. The number of rotatable bonds is 4. The highest BCUT2D eigenvalue weighted by Crippen LogP contribution is 2.37. The Labute approximate surface area is 97.1 Å². The lowest BCUT2D eigenvalue weighted by Gasteiger charge is -2.40. The first-order chi connectivity index (χ1) is 7.74.